The van der Waals surface area contributed by atoms with Crippen LogP contribution in [0.3, 0.4) is 0 Å². The van der Waals surface area contributed by atoms with Crippen molar-refractivity contribution in [3.63, 3.8) is 0 Å². The minimum atomic E-state index is 0. The zero-order valence-corrected chi connectivity index (χ0v) is 15.6. The summed E-state index contributed by atoms with van der Waals surface area (Å²) in [5, 5.41) is 7.76. The highest BCUT2D eigenvalue weighted by atomic mass is 35.5. The number of aromatic nitrogens is 2. The molecule has 0 aliphatic heterocycles. The van der Waals surface area contributed by atoms with Crippen molar-refractivity contribution in [2.45, 2.75) is 66.0 Å². The average molecular weight is 343 g/mol. The summed E-state index contributed by atoms with van der Waals surface area (Å²) in [6.45, 7) is 9.96. The predicted octanol–water partition coefficient (Wildman–Crippen LogP) is 2.36. The third kappa shape index (κ3) is 4.95. The SMILES string of the molecule is Cc1nn(CC(C)C)c(C)c1CC(=O)NC1CCCC1CN.Cl. The lowest BCUT2D eigenvalue weighted by molar-refractivity contribution is -0.121. The van der Waals surface area contributed by atoms with Crippen LogP contribution in [-0.2, 0) is 17.8 Å². The third-order valence-electron chi connectivity index (χ3n) is 4.71. The molecule has 1 aliphatic rings. The van der Waals surface area contributed by atoms with E-state index in [9.17, 15) is 4.79 Å². The van der Waals surface area contributed by atoms with Crippen LogP contribution in [0.2, 0.25) is 0 Å². The highest BCUT2D eigenvalue weighted by molar-refractivity contribution is 5.85. The third-order valence-corrected chi connectivity index (χ3v) is 4.71. The summed E-state index contributed by atoms with van der Waals surface area (Å²) in [6.07, 6.45) is 3.77. The van der Waals surface area contributed by atoms with E-state index in [0.29, 0.717) is 24.8 Å². The second-order valence-corrected chi connectivity index (χ2v) is 7.00. The first kappa shape index (κ1) is 20.0. The van der Waals surface area contributed by atoms with Crippen LogP contribution < -0.4 is 11.1 Å². The van der Waals surface area contributed by atoms with E-state index in [4.69, 9.17) is 5.73 Å². The van der Waals surface area contributed by atoms with Gasteiger partial charge in [-0.25, -0.2) is 0 Å². The number of amides is 1. The quantitative estimate of drug-likeness (QED) is 0.833. The standard InChI is InChI=1S/C17H30N4O.ClH/c1-11(2)10-21-13(4)15(12(3)20-21)8-17(22)19-16-7-5-6-14(16)9-18;/h11,14,16H,5-10,18H2,1-4H3,(H,19,22);1H. The highest BCUT2D eigenvalue weighted by Gasteiger charge is 2.27. The second-order valence-electron chi connectivity index (χ2n) is 7.00. The number of nitrogens with zero attached hydrogens (tertiary/aromatic N) is 2. The molecule has 1 fully saturated rings. The molecular formula is C17H31ClN4O. The number of rotatable bonds is 6. The Morgan fingerprint density at radius 3 is 2.70 bits per heavy atom. The van der Waals surface area contributed by atoms with Crippen LogP contribution in [-0.4, -0.2) is 28.3 Å². The van der Waals surface area contributed by atoms with E-state index in [1.54, 1.807) is 0 Å². The predicted molar refractivity (Wildman–Crippen MR) is 95.8 cm³/mol. The number of hydrogen-bond donors (Lipinski definition) is 2. The van der Waals surface area contributed by atoms with Crippen LogP contribution in [0.15, 0.2) is 0 Å². The van der Waals surface area contributed by atoms with Gasteiger partial charge >= 0.3 is 0 Å². The summed E-state index contributed by atoms with van der Waals surface area (Å²) in [6, 6.07) is 0.254. The normalized spacial score (nSPS) is 20.6. The number of nitrogens with two attached hydrogens (primary N) is 1. The van der Waals surface area contributed by atoms with Gasteiger partial charge in [-0.2, -0.15) is 5.10 Å². The summed E-state index contributed by atoms with van der Waals surface area (Å²) in [4.78, 5) is 12.4. The summed E-state index contributed by atoms with van der Waals surface area (Å²) >= 11 is 0. The van der Waals surface area contributed by atoms with E-state index in [-0.39, 0.29) is 24.4 Å². The number of carbonyl (C=O) groups excluding carboxylic acids is 1. The van der Waals surface area contributed by atoms with Crippen molar-refractivity contribution in [1.82, 2.24) is 15.1 Å². The van der Waals surface area contributed by atoms with Crippen LogP contribution in [0.4, 0.5) is 0 Å². The molecule has 1 amide bonds. The maximum atomic E-state index is 12.4. The minimum Gasteiger partial charge on any atom is -0.353 e. The van der Waals surface area contributed by atoms with Crippen molar-refractivity contribution in [2.24, 2.45) is 17.6 Å². The zero-order chi connectivity index (χ0) is 16.3. The number of aryl methyl sites for hydroxylation is 1. The molecule has 2 unspecified atom stereocenters. The monoisotopic (exact) mass is 342 g/mol. The Bertz CT molecular complexity index is 527. The fraction of sp³-hybridized carbons (Fsp3) is 0.765. The molecule has 2 rings (SSSR count). The number of hydrogen-bond acceptors (Lipinski definition) is 3. The zero-order valence-electron chi connectivity index (χ0n) is 14.8. The van der Waals surface area contributed by atoms with Crippen molar-refractivity contribution in [3.8, 4) is 0 Å². The first-order valence-corrected chi connectivity index (χ1v) is 8.44. The molecule has 1 heterocycles. The van der Waals surface area contributed by atoms with Gasteiger partial charge in [-0.3, -0.25) is 9.48 Å². The van der Waals surface area contributed by atoms with Gasteiger partial charge in [0.1, 0.15) is 0 Å². The molecule has 1 saturated carbocycles. The largest absolute Gasteiger partial charge is 0.353 e. The van der Waals surface area contributed by atoms with E-state index in [1.165, 1.54) is 0 Å². The van der Waals surface area contributed by atoms with Gasteiger partial charge in [0.25, 0.3) is 0 Å². The summed E-state index contributed by atoms with van der Waals surface area (Å²) in [5.41, 5.74) is 8.94. The van der Waals surface area contributed by atoms with Crippen molar-refractivity contribution in [3.05, 3.63) is 17.0 Å². The van der Waals surface area contributed by atoms with Gasteiger partial charge in [0.15, 0.2) is 0 Å². The Morgan fingerprint density at radius 1 is 1.39 bits per heavy atom. The van der Waals surface area contributed by atoms with Crippen LogP contribution in [0, 0.1) is 25.7 Å². The Hall–Kier alpha value is -1.07. The molecule has 6 heteroatoms. The highest BCUT2D eigenvalue weighted by Crippen LogP contribution is 2.25. The molecule has 23 heavy (non-hydrogen) atoms. The lowest BCUT2D eigenvalue weighted by Gasteiger charge is -2.19. The van der Waals surface area contributed by atoms with Gasteiger partial charge < -0.3 is 11.1 Å². The maximum absolute atomic E-state index is 12.4. The summed E-state index contributed by atoms with van der Waals surface area (Å²) in [5.74, 6) is 1.08. The van der Waals surface area contributed by atoms with Crippen molar-refractivity contribution in [2.75, 3.05) is 6.54 Å². The van der Waals surface area contributed by atoms with Gasteiger partial charge in [-0.05, 0) is 45.1 Å². The lowest BCUT2D eigenvalue weighted by atomic mass is 10.0. The Balaban J connectivity index is 0.00000264. The molecule has 0 spiro atoms. The number of carbonyl (C=O) groups is 1. The molecule has 0 aromatic carbocycles. The van der Waals surface area contributed by atoms with E-state index in [0.717, 1.165) is 42.8 Å². The van der Waals surface area contributed by atoms with Gasteiger partial charge in [-0.1, -0.05) is 20.3 Å². The molecular weight excluding hydrogens is 312 g/mol. The van der Waals surface area contributed by atoms with Crippen molar-refractivity contribution in [1.29, 1.82) is 0 Å². The molecule has 0 radical (unpaired) electrons. The molecule has 3 N–H and O–H groups in total. The summed E-state index contributed by atoms with van der Waals surface area (Å²) in [7, 11) is 0. The topological polar surface area (TPSA) is 72.9 Å². The first-order chi connectivity index (χ1) is 10.4. The smallest absolute Gasteiger partial charge is 0.224 e. The van der Waals surface area contributed by atoms with Gasteiger partial charge in [0.2, 0.25) is 5.91 Å². The Labute approximate surface area is 145 Å². The van der Waals surface area contributed by atoms with Gasteiger partial charge in [-0.15, -0.1) is 12.4 Å². The fourth-order valence-corrected chi connectivity index (χ4v) is 3.44. The summed E-state index contributed by atoms with van der Waals surface area (Å²) < 4.78 is 2.03. The van der Waals surface area contributed by atoms with Crippen molar-refractivity contribution < 1.29 is 4.79 Å². The maximum Gasteiger partial charge on any atom is 0.224 e. The molecule has 0 saturated heterocycles. The first-order valence-electron chi connectivity index (χ1n) is 8.44. The molecule has 5 nitrogen and oxygen atoms in total. The minimum absolute atomic E-state index is 0. The van der Waals surface area contributed by atoms with Crippen molar-refractivity contribution >= 4 is 18.3 Å². The molecule has 1 aromatic rings. The van der Waals surface area contributed by atoms with Crippen LogP contribution in [0.5, 0.6) is 0 Å². The van der Waals surface area contributed by atoms with E-state index in [2.05, 4.69) is 31.2 Å². The van der Waals surface area contributed by atoms with Crippen LogP contribution in [0.1, 0.15) is 50.1 Å². The molecule has 0 bridgehead atoms. The Kier molecular flexibility index (Phi) is 7.55. The molecule has 2 atom stereocenters. The number of halogens is 1. The fourth-order valence-electron chi connectivity index (χ4n) is 3.44. The molecule has 1 aliphatic carbocycles. The average Bonchev–Trinajstić information content (AvgIpc) is 2.98. The number of nitrogens with one attached hydrogen (secondary N) is 1. The second kappa shape index (κ2) is 8.69. The van der Waals surface area contributed by atoms with Gasteiger partial charge in [0.05, 0.1) is 12.1 Å². The van der Waals surface area contributed by atoms with Crippen LogP contribution in [0.25, 0.3) is 0 Å². The van der Waals surface area contributed by atoms with E-state index < -0.39 is 0 Å². The lowest BCUT2D eigenvalue weighted by Crippen LogP contribution is -2.40. The van der Waals surface area contributed by atoms with Gasteiger partial charge in [0, 0.05) is 23.8 Å². The Morgan fingerprint density at radius 2 is 2.09 bits per heavy atom. The molecule has 132 valence electrons. The molecule has 1 aromatic heterocycles. The van der Waals surface area contributed by atoms with E-state index >= 15 is 0 Å². The van der Waals surface area contributed by atoms with E-state index in [1.807, 2.05) is 11.6 Å². The van der Waals surface area contributed by atoms with Crippen LogP contribution >= 0.6 is 12.4 Å².